The standard InChI is InChI=1S/C14H14N4O2/c1-17-6-4-10(16-17)5-7-18-13(19)11-3-2-9(15)8-12(11)14(18)20/h2-4,6,8H,5,7,15H2,1H3. The van der Waals surface area contributed by atoms with Gasteiger partial charge in [-0.25, -0.2) is 0 Å². The van der Waals surface area contributed by atoms with Gasteiger partial charge in [-0.05, 0) is 24.3 Å². The van der Waals surface area contributed by atoms with Crippen LogP contribution in [0.25, 0.3) is 0 Å². The minimum absolute atomic E-state index is 0.263. The van der Waals surface area contributed by atoms with Gasteiger partial charge in [0.25, 0.3) is 11.8 Å². The number of nitrogens with zero attached hydrogens (tertiary/aromatic N) is 3. The summed E-state index contributed by atoms with van der Waals surface area (Å²) >= 11 is 0. The molecule has 2 aromatic rings. The number of imide groups is 1. The molecule has 6 heteroatoms. The molecule has 1 aliphatic rings. The zero-order valence-corrected chi connectivity index (χ0v) is 11.0. The van der Waals surface area contributed by atoms with E-state index in [-0.39, 0.29) is 11.8 Å². The highest BCUT2D eigenvalue weighted by Crippen LogP contribution is 2.24. The highest BCUT2D eigenvalue weighted by molar-refractivity contribution is 6.21. The van der Waals surface area contributed by atoms with E-state index in [9.17, 15) is 9.59 Å². The number of carbonyl (C=O) groups is 2. The summed E-state index contributed by atoms with van der Waals surface area (Å²) in [7, 11) is 1.83. The number of hydrogen-bond donors (Lipinski definition) is 1. The maximum atomic E-state index is 12.2. The molecule has 6 nitrogen and oxygen atoms in total. The maximum Gasteiger partial charge on any atom is 0.261 e. The molecule has 0 radical (unpaired) electrons. The Morgan fingerprint density at radius 3 is 2.60 bits per heavy atom. The first-order valence-electron chi connectivity index (χ1n) is 6.30. The predicted octanol–water partition coefficient (Wildman–Crippen LogP) is 0.841. The molecule has 3 rings (SSSR count). The lowest BCUT2D eigenvalue weighted by Gasteiger charge is -2.12. The average molecular weight is 270 g/mol. The smallest absolute Gasteiger partial charge is 0.261 e. The number of carbonyl (C=O) groups excluding carboxylic acids is 2. The summed E-state index contributed by atoms with van der Waals surface area (Å²) in [6.45, 7) is 0.323. The molecule has 1 aliphatic heterocycles. The van der Waals surface area contributed by atoms with Crippen molar-refractivity contribution in [2.75, 3.05) is 12.3 Å². The molecule has 0 bridgehead atoms. The fourth-order valence-electron chi connectivity index (χ4n) is 2.33. The van der Waals surface area contributed by atoms with Gasteiger partial charge in [0.05, 0.1) is 16.8 Å². The quantitative estimate of drug-likeness (QED) is 0.662. The molecule has 2 N–H and O–H groups in total. The summed E-state index contributed by atoms with van der Waals surface area (Å²) in [4.78, 5) is 25.6. The van der Waals surface area contributed by atoms with E-state index >= 15 is 0 Å². The second kappa shape index (κ2) is 4.48. The average Bonchev–Trinajstić information content (AvgIpc) is 2.92. The molecule has 0 spiro atoms. The number of benzene rings is 1. The van der Waals surface area contributed by atoms with Crippen molar-refractivity contribution in [1.29, 1.82) is 0 Å². The van der Waals surface area contributed by atoms with E-state index in [1.54, 1.807) is 22.9 Å². The van der Waals surface area contributed by atoms with Crippen LogP contribution in [0.1, 0.15) is 26.4 Å². The highest BCUT2D eigenvalue weighted by Gasteiger charge is 2.35. The lowest BCUT2D eigenvalue weighted by Crippen LogP contribution is -2.31. The molecule has 1 aromatic heterocycles. The van der Waals surface area contributed by atoms with Gasteiger partial charge >= 0.3 is 0 Å². The molecule has 0 unspecified atom stereocenters. The minimum Gasteiger partial charge on any atom is -0.399 e. The Bertz CT molecular complexity index is 705. The Hall–Kier alpha value is -2.63. The van der Waals surface area contributed by atoms with Crippen LogP contribution in [-0.4, -0.2) is 33.0 Å². The Balaban J connectivity index is 1.79. The van der Waals surface area contributed by atoms with Crippen LogP contribution in [0.4, 0.5) is 5.69 Å². The van der Waals surface area contributed by atoms with Crippen molar-refractivity contribution in [3.05, 3.63) is 47.3 Å². The van der Waals surface area contributed by atoms with E-state index in [1.165, 1.54) is 4.90 Å². The second-order valence-electron chi connectivity index (χ2n) is 4.80. The van der Waals surface area contributed by atoms with Crippen molar-refractivity contribution in [2.24, 2.45) is 7.05 Å². The fourth-order valence-corrected chi connectivity index (χ4v) is 2.33. The zero-order valence-electron chi connectivity index (χ0n) is 11.0. The van der Waals surface area contributed by atoms with Crippen molar-refractivity contribution >= 4 is 17.5 Å². The normalized spacial score (nSPS) is 13.9. The van der Waals surface area contributed by atoms with Crippen LogP contribution in [0.5, 0.6) is 0 Å². The molecular weight excluding hydrogens is 256 g/mol. The number of anilines is 1. The largest absolute Gasteiger partial charge is 0.399 e. The van der Waals surface area contributed by atoms with Gasteiger partial charge in [0.15, 0.2) is 0 Å². The SMILES string of the molecule is Cn1ccc(CCN2C(=O)c3ccc(N)cc3C2=O)n1. The van der Waals surface area contributed by atoms with Crippen LogP contribution in [0, 0.1) is 0 Å². The van der Waals surface area contributed by atoms with Crippen LogP contribution in [0.2, 0.25) is 0 Å². The number of rotatable bonds is 3. The number of nitrogens with two attached hydrogens (primary N) is 1. The summed E-state index contributed by atoms with van der Waals surface area (Å²) in [5.41, 5.74) is 7.80. The van der Waals surface area contributed by atoms with Crippen molar-refractivity contribution in [2.45, 2.75) is 6.42 Å². The molecular formula is C14H14N4O2. The van der Waals surface area contributed by atoms with E-state index in [2.05, 4.69) is 5.10 Å². The number of amides is 2. The number of aryl methyl sites for hydroxylation is 1. The summed E-state index contributed by atoms with van der Waals surface area (Å²) in [5, 5.41) is 4.23. The zero-order chi connectivity index (χ0) is 14.3. The summed E-state index contributed by atoms with van der Waals surface area (Å²) in [6, 6.07) is 6.66. The van der Waals surface area contributed by atoms with Gasteiger partial charge in [-0.15, -0.1) is 0 Å². The molecule has 20 heavy (non-hydrogen) atoms. The Morgan fingerprint density at radius 1 is 1.15 bits per heavy atom. The summed E-state index contributed by atoms with van der Waals surface area (Å²) in [5.74, 6) is -0.547. The fraction of sp³-hybridized carbons (Fsp3) is 0.214. The van der Waals surface area contributed by atoms with E-state index in [0.29, 0.717) is 29.8 Å². The lowest BCUT2D eigenvalue weighted by atomic mass is 10.1. The number of hydrogen-bond acceptors (Lipinski definition) is 4. The van der Waals surface area contributed by atoms with E-state index in [0.717, 1.165) is 5.69 Å². The third-order valence-corrected chi connectivity index (χ3v) is 3.36. The van der Waals surface area contributed by atoms with Crippen molar-refractivity contribution in [3.8, 4) is 0 Å². The van der Waals surface area contributed by atoms with Gasteiger partial charge in [-0.1, -0.05) is 0 Å². The highest BCUT2D eigenvalue weighted by atomic mass is 16.2. The first kappa shape index (κ1) is 12.4. The molecule has 2 amide bonds. The van der Waals surface area contributed by atoms with Gasteiger partial charge in [0, 0.05) is 31.9 Å². The van der Waals surface area contributed by atoms with Gasteiger partial charge in [-0.2, -0.15) is 5.10 Å². The van der Waals surface area contributed by atoms with Gasteiger partial charge in [-0.3, -0.25) is 19.2 Å². The summed E-state index contributed by atoms with van der Waals surface area (Å²) in [6.07, 6.45) is 2.38. The van der Waals surface area contributed by atoms with E-state index in [1.807, 2.05) is 19.3 Å². The Morgan fingerprint density at radius 2 is 1.90 bits per heavy atom. The molecule has 0 atom stereocenters. The van der Waals surface area contributed by atoms with Gasteiger partial charge < -0.3 is 5.73 Å². The molecule has 0 saturated carbocycles. The molecule has 0 aliphatic carbocycles. The van der Waals surface area contributed by atoms with Crippen LogP contribution >= 0.6 is 0 Å². The van der Waals surface area contributed by atoms with Crippen molar-refractivity contribution in [3.63, 3.8) is 0 Å². The summed E-state index contributed by atoms with van der Waals surface area (Å²) < 4.78 is 1.69. The van der Waals surface area contributed by atoms with Gasteiger partial charge in [0.2, 0.25) is 0 Å². The van der Waals surface area contributed by atoms with Crippen LogP contribution in [-0.2, 0) is 13.5 Å². The first-order valence-corrected chi connectivity index (χ1v) is 6.30. The Labute approximate surface area is 115 Å². The molecule has 1 aromatic carbocycles. The van der Waals surface area contributed by atoms with Crippen molar-refractivity contribution < 1.29 is 9.59 Å². The monoisotopic (exact) mass is 270 g/mol. The van der Waals surface area contributed by atoms with Crippen LogP contribution in [0.3, 0.4) is 0 Å². The first-order chi connectivity index (χ1) is 9.56. The van der Waals surface area contributed by atoms with E-state index < -0.39 is 0 Å². The molecule has 0 fully saturated rings. The molecule has 0 saturated heterocycles. The predicted molar refractivity (Wildman–Crippen MR) is 73.1 cm³/mol. The topological polar surface area (TPSA) is 81.2 Å². The van der Waals surface area contributed by atoms with Crippen LogP contribution in [0.15, 0.2) is 30.5 Å². The number of aromatic nitrogens is 2. The van der Waals surface area contributed by atoms with Crippen LogP contribution < -0.4 is 5.73 Å². The lowest BCUT2D eigenvalue weighted by molar-refractivity contribution is 0.0656. The van der Waals surface area contributed by atoms with E-state index in [4.69, 9.17) is 5.73 Å². The maximum absolute atomic E-state index is 12.2. The minimum atomic E-state index is -0.284. The number of fused-ring (bicyclic) bond motifs is 1. The third kappa shape index (κ3) is 1.95. The Kier molecular flexibility index (Phi) is 2.78. The number of nitrogen functional groups attached to an aromatic ring is 1. The molecule has 2 heterocycles. The van der Waals surface area contributed by atoms with Gasteiger partial charge in [0.1, 0.15) is 0 Å². The third-order valence-electron chi connectivity index (χ3n) is 3.36. The second-order valence-corrected chi connectivity index (χ2v) is 4.80. The molecule has 102 valence electrons. The van der Waals surface area contributed by atoms with Crippen molar-refractivity contribution in [1.82, 2.24) is 14.7 Å².